The Balaban J connectivity index is 1.75. The van der Waals surface area contributed by atoms with Crippen LogP contribution in [0.15, 0.2) is 58.3 Å². The molecule has 0 aromatic heterocycles. The Morgan fingerprint density at radius 2 is 1.60 bits per heavy atom. The van der Waals surface area contributed by atoms with Gasteiger partial charge in [-0.2, -0.15) is 4.31 Å². The van der Waals surface area contributed by atoms with Crippen LogP contribution in [-0.2, 0) is 24.7 Å². The number of benzene rings is 2. The molecule has 3 rings (SSSR count). The van der Waals surface area contributed by atoms with Crippen molar-refractivity contribution in [1.29, 1.82) is 0 Å². The molecule has 1 fully saturated rings. The molecule has 162 valence electrons. The number of nitrogens with one attached hydrogen (secondary N) is 1. The maximum atomic E-state index is 13.0. The molecule has 30 heavy (non-hydrogen) atoms. The molecule has 2 aromatic rings. The average Bonchev–Trinajstić information content (AvgIpc) is 3.18. The van der Waals surface area contributed by atoms with Crippen LogP contribution in [0.1, 0.15) is 31.4 Å². The Morgan fingerprint density at radius 1 is 1.03 bits per heavy atom. The Kier molecular flexibility index (Phi) is 6.57. The molecule has 0 aliphatic carbocycles. The Hall–Kier alpha value is -1.94. The quantitative estimate of drug-likeness (QED) is 0.699. The zero-order valence-corrected chi connectivity index (χ0v) is 19.0. The van der Waals surface area contributed by atoms with Crippen LogP contribution in [0.25, 0.3) is 0 Å². The zero-order chi connectivity index (χ0) is 22.1. The van der Waals surface area contributed by atoms with Crippen LogP contribution in [0.5, 0.6) is 0 Å². The number of sulfonamides is 1. The normalized spacial score (nSPS) is 18.8. The molecule has 0 spiro atoms. The standard InChI is InChI=1S/C20H23ClN2O5S2/c1-14(15-5-9-17(10-6-15)29(2,25)26)22-20(24)19-4-3-13-23(19)30(27,28)18-11-7-16(21)8-12-18/h5-12,14,19H,3-4,13H2,1-2H3,(H,22,24)/t14-,19-/m0/s1. The molecular weight excluding hydrogens is 448 g/mol. The summed E-state index contributed by atoms with van der Waals surface area (Å²) in [5.41, 5.74) is 0.723. The van der Waals surface area contributed by atoms with Gasteiger partial charge >= 0.3 is 0 Å². The highest BCUT2D eigenvalue weighted by Crippen LogP contribution is 2.27. The fourth-order valence-electron chi connectivity index (χ4n) is 3.43. The number of rotatable bonds is 6. The minimum absolute atomic E-state index is 0.0935. The van der Waals surface area contributed by atoms with Crippen molar-refractivity contribution in [2.24, 2.45) is 0 Å². The van der Waals surface area contributed by atoms with E-state index in [0.29, 0.717) is 17.9 Å². The van der Waals surface area contributed by atoms with E-state index in [0.717, 1.165) is 11.8 Å². The Bertz CT molecular complexity index is 1130. The lowest BCUT2D eigenvalue weighted by Gasteiger charge is -2.25. The summed E-state index contributed by atoms with van der Waals surface area (Å²) in [6.45, 7) is 2.03. The van der Waals surface area contributed by atoms with Crippen LogP contribution in [0.3, 0.4) is 0 Å². The number of hydrogen-bond acceptors (Lipinski definition) is 5. The first-order valence-electron chi connectivity index (χ1n) is 9.38. The highest BCUT2D eigenvalue weighted by Gasteiger charge is 2.39. The monoisotopic (exact) mass is 470 g/mol. The lowest BCUT2D eigenvalue weighted by atomic mass is 10.1. The molecule has 10 heteroatoms. The van der Waals surface area contributed by atoms with Crippen LogP contribution in [0.2, 0.25) is 5.02 Å². The number of halogens is 1. The number of carbonyl (C=O) groups excluding carboxylic acids is 1. The van der Waals surface area contributed by atoms with E-state index in [2.05, 4.69) is 5.32 Å². The highest BCUT2D eigenvalue weighted by molar-refractivity contribution is 7.90. The Morgan fingerprint density at radius 3 is 2.17 bits per heavy atom. The van der Waals surface area contributed by atoms with Gasteiger partial charge in [0.1, 0.15) is 6.04 Å². The molecular formula is C20H23ClN2O5S2. The first kappa shape index (κ1) is 22.7. The summed E-state index contributed by atoms with van der Waals surface area (Å²) in [7, 11) is -7.13. The second-order valence-corrected chi connectivity index (χ2v) is 11.6. The Labute approximate surface area is 182 Å². The maximum Gasteiger partial charge on any atom is 0.243 e. The summed E-state index contributed by atoms with van der Waals surface area (Å²) in [4.78, 5) is 13.2. The van der Waals surface area contributed by atoms with Crippen molar-refractivity contribution in [3.63, 3.8) is 0 Å². The van der Waals surface area contributed by atoms with Gasteiger partial charge in [0, 0.05) is 17.8 Å². The molecule has 0 unspecified atom stereocenters. The zero-order valence-electron chi connectivity index (χ0n) is 16.6. The number of sulfone groups is 1. The van der Waals surface area contributed by atoms with Gasteiger partial charge in [0.25, 0.3) is 0 Å². The summed E-state index contributed by atoms with van der Waals surface area (Å²) in [5.74, 6) is -0.385. The van der Waals surface area contributed by atoms with Gasteiger partial charge in [-0.15, -0.1) is 0 Å². The van der Waals surface area contributed by atoms with Crippen molar-refractivity contribution in [3.8, 4) is 0 Å². The van der Waals surface area contributed by atoms with E-state index >= 15 is 0 Å². The first-order chi connectivity index (χ1) is 14.0. The van der Waals surface area contributed by atoms with E-state index in [4.69, 9.17) is 11.6 Å². The number of carbonyl (C=O) groups is 1. The molecule has 2 atom stereocenters. The van der Waals surface area contributed by atoms with Crippen molar-refractivity contribution < 1.29 is 21.6 Å². The SMILES string of the molecule is C[C@H](NC(=O)[C@@H]1CCCN1S(=O)(=O)c1ccc(Cl)cc1)c1ccc(S(C)(=O)=O)cc1. The fourth-order valence-corrected chi connectivity index (χ4v) is 5.84. The van der Waals surface area contributed by atoms with Crippen molar-refractivity contribution in [2.45, 2.75) is 41.6 Å². The van der Waals surface area contributed by atoms with Gasteiger partial charge in [-0.25, -0.2) is 16.8 Å². The molecule has 7 nitrogen and oxygen atoms in total. The van der Waals surface area contributed by atoms with Gasteiger partial charge in [-0.05, 0) is 61.7 Å². The van der Waals surface area contributed by atoms with Gasteiger partial charge < -0.3 is 5.32 Å². The van der Waals surface area contributed by atoms with Crippen LogP contribution in [0.4, 0.5) is 0 Å². The van der Waals surface area contributed by atoms with E-state index < -0.39 is 31.9 Å². The fraction of sp³-hybridized carbons (Fsp3) is 0.350. The van der Waals surface area contributed by atoms with E-state index in [-0.39, 0.29) is 22.2 Å². The number of hydrogen-bond donors (Lipinski definition) is 1. The third-order valence-corrected chi connectivity index (χ3v) is 8.40. The molecule has 0 bridgehead atoms. The van der Waals surface area contributed by atoms with Gasteiger partial charge in [-0.3, -0.25) is 4.79 Å². The van der Waals surface area contributed by atoms with Gasteiger partial charge in [0.05, 0.1) is 15.8 Å². The van der Waals surface area contributed by atoms with E-state index in [1.807, 2.05) is 0 Å². The topological polar surface area (TPSA) is 101 Å². The first-order valence-corrected chi connectivity index (χ1v) is 13.1. The van der Waals surface area contributed by atoms with Gasteiger partial charge in [-0.1, -0.05) is 23.7 Å². The third kappa shape index (κ3) is 4.85. The summed E-state index contributed by atoms with van der Waals surface area (Å²) >= 11 is 5.84. The molecule has 0 saturated carbocycles. The van der Waals surface area contributed by atoms with Crippen LogP contribution < -0.4 is 5.32 Å². The smallest absolute Gasteiger partial charge is 0.243 e. The molecule has 1 aliphatic rings. The molecule has 1 saturated heterocycles. The van der Waals surface area contributed by atoms with Crippen molar-refractivity contribution in [1.82, 2.24) is 9.62 Å². The van der Waals surface area contributed by atoms with Gasteiger partial charge in [0.2, 0.25) is 15.9 Å². The summed E-state index contributed by atoms with van der Waals surface area (Å²) in [6.07, 6.45) is 2.14. The van der Waals surface area contributed by atoms with E-state index in [1.54, 1.807) is 19.1 Å². The van der Waals surface area contributed by atoms with Crippen LogP contribution in [0, 0.1) is 0 Å². The van der Waals surface area contributed by atoms with E-state index in [1.165, 1.54) is 40.7 Å². The predicted molar refractivity (Wildman–Crippen MR) is 114 cm³/mol. The van der Waals surface area contributed by atoms with Crippen molar-refractivity contribution in [3.05, 3.63) is 59.1 Å². The van der Waals surface area contributed by atoms with E-state index in [9.17, 15) is 21.6 Å². The van der Waals surface area contributed by atoms with Crippen LogP contribution in [-0.4, -0.2) is 45.9 Å². The van der Waals surface area contributed by atoms with Crippen LogP contribution >= 0.6 is 11.6 Å². The molecule has 1 aliphatic heterocycles. The summed E-state index contributed by atoms with van der Waals surface area (Å²) < 4.78 is 50.4. The third-order valence-electron chi connectivity index (χ3n) is 5.09. The average molecular weight is 471 g/mol. The number of amides is 1. The maximum absolute atomic E-state index is 13.0. The van der Waals surface area contributed by atoms with Crippen molar-refractivity contribution in [2.75, 3.05) is 12.8 Å². The molecule has 1 heterocycles. The predicted octanol–water partition coefficient (Wildman–Crippen LogP) is 2.77. The van der Waals surface area contributed by atoms with Gasteiger partial charge in [0.15, 0.2) is 9.84 Å². The number of nitrogens with zero attached hydrogens (tertiary/aromatic N) is 1. The summed E-state index contributed by atoms with van der Waals surface area (Å²) in [6, 6.07) is 10.9. The lowest BCUT2D eigenvalue weighted by Crippen LogP contribution is -2.46. The van der Waals surface area contributed by atoms with Crippen molar-refractivity contribution >= 4 is 37.4 Å². The second kappa shape index (κ2) is 8.66. The second-order valence-electron chi connectivity index (χ2n) is 7.30. The minimum Gasteiger partial charge on any atom is -0.348 e. The lowest BCUT2D eigenvalue weighted by molar-refractivity contribution is -0.124. The molecule has 0 radical (unpaired) electrons. The largest absolute Gasteiger partial charge is 0.348 e. The molecule has 1 amide bonds. The summed E-state index contributed by atoms with van der Waals surface area (Å²) in [5, 5.41) is 3.27. The minimum atomic E-state index is -3.82. The highest BCUT2D eigenvalue weighted by atomic mass is 35.5. The molecule has 1 N–H and O–H groups in total. The molecule has 2 aromatic carbocycles.